The fraction of sp³-hybridized carbons (Fsp3) is 0.625. The molecular weight excluding hydrogens is 256 g/mol. The Balaban J connectivity index is 2.19. The minimum atomic E-state index is 0.739. The summed E-state index contributed by atoms with van der Waals surface area (Å²) in [4.78, 5) is 2.55. The SMILES string of the molecule is CCCNCc1c(Cl)cccc1N(CCC)C1CC1. The molecule has 0 bridgehead atoms. The van der Waals surface area contributed by atoms with Crippen LogP contribution in [0.2, 0.25) is 5.02 Å². The summed E-state index contributed by atoms with van der Waals surface area (Å²) in [5.74, 6) is 0. The summed E-state index contributed by atoms with van der Waals surface area (Å²) in [5.41, 5.74) is 2.60. The Morgan fingerprint density at radius 3 is 2.68 bits per heavy atom. The van der Waals surface area contributed by atoms with Crippen LogP contribution >= 0.6 is 11.6 Å². The summed E-state index contributed by atoms with van der Waals surface area (Å²) in [6.45, 7) is 7.48. The van der Waals surface area contributed by atoms with Crippen molar-refractivity contribution in [1.82, 2.24) is 5.32 Å². The molecule has 0 amide bonds. The molecule has 19 heavy (non-hydrogen) atoms. The zero-order chi connectivity index (χ0) is 13.7. The van der Waals surface area contributed by atoms with Crippen LogP contribution in [0.15, 0.2) is 18.2 Å². The standard InChI is InChI=1S/C16H25ClN2/c1-3-10-18-12-14-15(17)6-5-7-16(14)19(11-4-2)13-8-9-13/h5-7,13,18H,3-4,8-12H2,1-2H3. The maximum Gasteiger partial charge on any atom is 0.0471 e. The van der Waals surface area contributed by atoms with E-state index in [-0.39, 0.29) is 0 Å². The van der Waals surface area contributed by atoms with Gasteiger partial charge in [0.2, 0.25) is 0 Å². The summed E-state index contributed by atoms with van der Waals surface area (Å²) in [5, 5.41) is 4.37. The maximum atomic E-state index is 6.41. The Morgan fingerprint density at radius 2 is 2.05 bits per heavy atom. The van der Waals surface area contributed by atoms with Crippen LogP contribution in [0.25, 0.3) is 0 Å². The molecule has 1 aliphatic carbocycles. The molecule has 0 spiro atoms. The first-order valence-electron chi connectivity index (χ1n) is 7.52. The molecule has 1 aromatic carbocycles. The van der Waals surface area contributed by atoms with Crippen LogP contribution in [0.5, 0.6) is 0 Å². The summed E-state index contributed by atoms with van der Waals surface area (Å²) in [7, 11) is 0. The topological polar surface area (TPSA) is 15.3 Å². The summed E-state index contributed by atoms with van der Waals surface area (Å²) in [6.07, 6.45) is 4.99. The number of halogens is 1. The largest absolute Gasteiger partial charge is 0.368 e. The van der Waals surface area contributed by atoms with Crippen LogP contribution in [0, 0.1) is 0 Å². The van der Waals surface area contributed by atoms with Gasteiger partial charge in [-0.1, -0.05) is 31.5 Å². The monoisotopic (exact) mass is 280 g/mol. The van der Waals surface area contributed by atoms with Crippen molar-refractivity contribution in [2.24, 2.45) is 0 Å². The van der Waals surface area contributed by atoms with Crippen molar-refractivity contribution < 1.29 is 0 Å². The lowest BCUT2D eigenvalue weighted by Crippen LogP contribution is -2.28. The van der Waals surface area contributed by atoms with Crippen LogP contribution < -0.4 is 10.2 Å². The number of benzene rings is 1. The van der Waals surface area contributed by atoms with Gasteiger partial charge in [-0.25, -0.2) is 0 Å². The van der Waals surface area contributed by atoms with Gasteiger partial charge >= 0.3 is 0 Å². The minimum absolute atomic E-state index is 0.739. The Morgan fingerprint density at radius 1 is 1.26 bits per heavy atom. The number of nitrogens with one attached hydrogen (secondary N) is 1. The highest BCUT2D eigenvalue weighted by Gasteiger charge is 2.30. The zero-order valence-corrected chi connectivity index (χ0v) is 12.8. The van der Waals surface area contributed by atoms with Gasteiger partial charge in [0.15, 0.2) is 0 Å². The van der Waals surface area contributed by atoms with Gasteiger partial charge in [-0.15, -0.1) is 0 Å². The van der Waals surface area contributed by atoms with Gasteiger partial charge in [-0.2, -0.15) is 0 Å². The molecule has 0 aliphatic heterocycles. The predicted molar refractivity (Wildman–Crippen MR) is 84.1 cm³/mol. The van der Waals surface area contributed by atoms with E-state index in [2.05, 4.69) is 36.2 Å². The fourth-order valence-corrected chi connectivity index (χ4v) is 2.74. The number of nitrogens with zero attached hydrogens (tertiary/aromatic N) is 1. The third-order valence-corrected chi connectivity index (χ3v) is 3.94. The lowest BCUT2D eigenvalue weighted by atomic mass is 10.1. The third-order valence-electron chi connectivity index (χ3n) is 3.58. The van der Waals surface area contributed by atoms with Crippen molar-refractivity contribution in [2.75, 3.05) is 18.0 Å². The molecule has 0 aromatic heterocycles. The molecule has 1 aliphatic rings. The highest BCUT2D eigenvalue weighted by molar-refractivity contribution is 6.31. The second-order valence-electron chi connectivity index (χ2n) is 5.34. The first-order valence-corrected chi connectivity index (χ1v) is 7.90. The maximum absolute atomic E-state index is 6.41. The molecule has 1 aromatic rings. The lowest BCUT2D eigenvalue weighted by Gasteiger charge is -2.27. The summed E-state index contributed by atoms with van der Waals surface area (Å²) < 4.78 is 0. The van der Waals surface area contributed by atoms with Gasteiger partial charge < -0.3 is 10.2 Å². The van der Waals surface area contributed by atoms with Crippen molar-refractivity contribution in [1.29, 1.82) is 0 Å². The molecule has 106 valence electrons. The number of hydrogen-bond donors (Lipinski definition) is 1. The summed E-state index contributed by atoms with van der Waals surface area (Å²) in [6, 6.07) is 7.04. The first kappa shape index (κ1) is 14.7. The Kier molecular flexibility index (Phi) is 5.53. The van der Waals surface area contributed by atoms with Crippen LogP contribution in [0.1, 0.15) is 45.1 Å². The third kappa shape index (κ3) is 3.87. The quantitative estimate of drug-likeness (QED) is 0.717. The molecule has 2 rings (SSSR count). The van der Waals surface area contributed by atoms with E-state index in [0.717, 1.165) is 37.1 Å². The molecular formula is C16H25ClN2. The van der Waals surface area contributed by atoms with Crippen molar-refractivity contribution >= 4 is 17.3 Å². The number of anilines is 1. The molecule has 1 saturated carbocycles. The predicted octanol–water partition coefficient (Wildman–Crippen LogP) is 4.22. The fourth-order valence-electron chi connectivity index (χ4n) is 2.51. The van der Waals surface area contributed by atoms with Gasteiger partial charge in [0.1, 0.15) is 0 Å². The second-order valence-corrected chi connectivity index (χ2v) is 5.75. The van der Waals surface area contributed by atoms with E-state index < -0.39 is 0 Å². The van der Waals surface area contributed by atoms with Gasteiger partial charge in [0.05, 0.1) is 0 Å². The molecule has 0 radical (unpaired) electrons. The molecule has 1 fully saturated rings. The molecule has 1 N–H and O–H groups in total. The van der Waals surface area contributed by atoms with E-state index in [9.17, 15) is 0 Å². The van der Waals surface area contributed by atoms with Crippen molar-refractivity contribution in [3.63, 3.8) is 0 Å². The first-order chi connectivity index (χ1) is 9.27. The number of rotatable bonds is 8. The van der Waals surface area contributed by atoms with E-state index in [4.69, 9.17) is 11.6 Å². The minimum Gasteiger partial charge on any atom is -0.368 e. The van der Waals surface area contributed by atoms with Crippen LogP contribution in [-0.4, -0.2) is 19.1 Å². The normalized spacial score (nSPS) is 14.7. The van der Waals surface area contributed by atoms with E-state index >= 15 is 0 Å². The van der Waals surface area contributed by atoms with Gasteiger partial charge in [-0.3, -0.25) is 0 Å². The number of hydrogen-bond acceptors (Lipinski definition) is 2. The lowest BCUT2D eigenvalue weighted by molar-refractivity contribution is 0.669. The molecule has 0 saturated heterocycles. The van der Waals surface area contributed by atoms with Crippen molar-refractivity contribution in [2.45, 2.75) is 52.1 Å². The van der Waals surface area contributed by atoms with E-state index in [0.29, 0.717) is 0 Å². The average Bonchev–Trinajstić information content (AvgIpc) is 3.22. The molecule has 0 heterocycles. The van der Waals surface area contributed by atoms with Gasteiger partial charge in [-0.05, 0) is 44.4 Å². The van der Waals surface area contributed by atoms with Gasteiger partial charge in [0, 0.05) is 35.4 Å². The smallest absolute Gasteiger partial charge is 0.0471 e. The van der Waals surface area contributed by atoms with Gasteiger partial charge in [0.25, 0.3) is 0 Å². The second kappa shape index (κ2) is 7.16. The van der Waals surface area contributed by atoms with E-state index in [1.165, 1.54) is 30.5 Å². The van der Waals surface area contributed by atoms with Crippen molar-refractivity contribution in [3.8, 4) is 0 Å². The Bertz CT molecular complexity index is 402. The summed E-state index contributed by atoms with van der Waals surface area (Å²) >= 11 is 6.41. The van der Waals surface area contributed by atoms with Crippen LogP contribution in [-0.2, 0) is 6.54 Å². The molecule has 0 atom stereocenters. The Hall–Kier alpha value is -0.730. The molecule has 2 nitrogen and oxygen atoms in total. The van der Waals surface area contributed by atoms with Crippen LogP contribution in [0.3, 0.4) is 0 Å². The van der Waals surface area contributed by atoms with Crippen molar-refractivity contribution in [3.05, 3.63) is 28.8 Å². The van der Waals surface area contributed by atoms with Crippen LogP contribution in [0.4, 0.5) is 5.69 Å². The Labute approximate surface area is 122 Å². The zero-order valence-electron chi connectivity index (χ0n) is 12.1. The van der Waals surface area contributed by atoms with E-state index in [1.807, 2.05) is 6.07 Å². The van der Waals surface area contributed by atoms with E-state index in [1.54, 1.807) is 0 Å². The highest BCUT2D eigenvalue weighted by atomic mass is 35.5. The molecule has 3 heteroatoms. The molecule has 0 unspecified atom stereocenters. The highest BCUT2D eigenvalue weighted by Crippen LogP contribution is 2.36. The average molecular weight is 281 g/mol.